The van der Waals surface area contributed by atoms with Gasteiger partial charge in [0.15, 0.2) is 5.78 Å². The highest BCUT2D eigenvalue weighted by atomic mass is 32.2. The van der Waals surface area contributed by atoms with Gasteiger partial charge in [0.1, 0.15) is 5.92 Å². The lowest BCUT2D eigenvalue weighted by Crippen LogP contribution is -2.26. The van der Waals surface area contributed by atoms with Crippen LogP contribution in [0.25, 0.3) is 0 Å². The van der Waals surface area contributed by atoms with E-state index in [4.69, 9.17) is 0 Å². The third-order valence-corrected chi connectivity index (χ3v) is 4.44. The Balaban J connectivity index is 2.34. The number of ketones is 1. The van der Waals surface area contributed by atoms with Gasteiger partial charge in [-0.2, -0.15) is 11.8 Å². The zero-order valence-corrected chi connectivity index (χ0v) is 10.8. The summed E-state index contributed by atoms with van der Waals surface area (Å²) in [5, 5.41) is 0.624. The van der Waals surface area contributed by atoms with Gasteiger partial charge in [0.05, 0.1) is 12.9 Å². The maximum Gasteiger partial charge on any atom is 0.316 e. The van der Waals surface area contributed by atoms with E-state index in [1.807, 2.05) is 6.92 Å². The molecule has 1 atom stereocenters. The van der Waals surface area contributed by atoms with Crippen molar-refractivity contribution in [2.75, 3.05) is 12.9 Å². The number of Topliss-reactive ketones (excluding diaryl/α,β-unsaturated/α-hetero) is 1. The molecule has 0 aliphatic heterocycles. The molecule has 4 heteroatoms. The van der Waals surface area contributed by atoms with Crippen LogP contribution in [0.2, 0.25) is 0 Å². The molecular weight excluding hydrogens is 224 g/mol. The average molecular weight is 244 g/mol. The molecule has 3 nitrogen and oxygen atoms in total. The summed E-state index contributed by atoms with van der Waals surface area (Å²) in [5.74, 6) is -0.470. The van der Waals surface area contributed by atoms with Crippen molar-refractivity contribution in [3.8, 4) is 0 Å². The summed E-state index contributed by atoms with van der Waals surface area (Å²) in [6.45, 7) is 1.85. The molecule has 0 bridgehead atoms. The normalized spacial score (nSPS) is 18.4. The van der Waals surface area contributed by atoms with E-state index in [2.05, 4.69) is 4.74 Å². The van der Waals surface area contributed by atoms with Gasteiger partial charge in [-0.3, -0.25) is 9.59 Å². The number of hydrogen-bond acceptors (Lipinski definition) is 4. The van der Waals surface area contributed by atoms with Crippen LogP contribution in [0.5, 0.6) is 0 Å². The van der Waals surface area contributed by atoms with Crippen molar-refractivity contribution in [1.82, 2.24) is 0 Å². The van der Waals surface area contributed by atoms with Crippen molar-refractivity contribution >= 4 is 23.5 Å². The first-order chi connectivity index (χ1) is 7.69. The molecular formula is C12H20O3S. The van der Waals surface area contributed by atoms with Gasteiger partial charge in [-0.1, -0.05) is 19.8 Å². The monoisotopic (exact) mass is 244 g/mol. The highest BCUT2D eigenvalue weighted by molar-refractivity contribution is 8.00. The molecule has 1 aliphatic carbocycles. The Hall–Kier alpha value is -0.510. The first-order valence-electron chi connectivity index (χ1n) is 5.91. The minimum Gasteiger partial charge on any atom is -0.468 e. The molecule has 1 rings (SSSR count). The predicted octanol–water partition coefficient (Wildman–Crippen LogP) is 2.43. The molecule has 92 valence electrons. The zero-order valence-electron chi connectivity index (χ0n) is 10.0. The van der Waals surface area contributed by atoms with Gasteiger partial charge in [-0.05, 0) is 19.3 Å². The summed E-state index contributed by atoms with van der Waals surface area (Å²) in [4.78, 5) is 23.1. The largest absolute Gasteiger partial charge is 0.468 e. The lowest BCUT2D eigenvalue weighted by atomic mass is 10.0. The molecule has 0 saturated heterocycles. The van der Waals surface area contributed by atoms with Gasteiger partial charge in [0, 0.05) is 5.25 Å². The number of carbonyl (C=O) groups excluding carboxylic acids is 2. The Morgan fingerprint density at radius 2 is 2.00 bits per heavy atom. The van der Waals surface area contributed by atoms with Crippen LogP contribution >= 0.6 is 11.8 Å². The van der Waals surface area contributed by atoms with Crippen LogP contribution in [0, 0.1) is 5.92 Å². The Bertz CT molecular complexity index is 247. The topological polar surface area (TPSA) is 43.4 Å². The van der Waals surface area contributed by atoms with Crippen molar-refractivity contribution in [2.24, 2.45) is 5.92 Å². The van der Waals surface area contributed by atoms with Gasteiger partial charge in [0.2, 0.25) is 0 Å². The number of rotatable bonds is 6. The number of methoxy groups -OCH3 is 1. The summed E-state index contributed by atoms with van der Waals surface area (Å²) >= 11 is 1.71. The van der Waals surface area contributed by atoms with E-state index in [0.717, 1.165) is 0 Å². The second-order valence-corrected chi connectivity index (χ2v) is 5.46. The lowest BCUT2D eigenvalue weighted by Gasteiger charge is -2.13. The number of carbonyl (C=O) groups is 2. The van der Waals surface area contributed by atoms with Crippen molar-refractivity contribution in [3.63, 3.8) is 0 Å². The summed E-state index contributed by atoms with van der Waals surface area (Å²) in [6.07, 6.45) is 5.52. The first kappa shape index (κ1) is 13.6. The summed E-state index contributed by atoms with van der Waals surface area (Å²) < 4.78 is 4.63. The molecule has 0 aromatic carbocycles. The van der Waals surface area contributed by atoms with Crippen LogP contribution in [-0.4, -0.2) is 29.9 Å². The molecule has 0 spiro atoms. The third-order valence-electron chi connectivity index (χ3n) is 3.05. The van der Waals surface area contributed by atoms with Gasteiger partial charge >= 0.3 is 5.97 Å². The average Bonchev–Trinajstić information content (AvgIpc) is 2.79. The first-order valence-corrected chi connectivity index (χ1v) is 6.96. The molecule has 1 saturated carbocycles. The van der Waals surface area contributed by atoms with Crippen LogP contribution in [0.4, 0.5) is 0 Å². The number of hydrogen-bond donors (Lipinski definition) is 0. The highest BCUT2D eigenvalue weighted by Gasteiger charge is 2.26. The summed E-state index contributed by atoms with van der Waals surface area (Å²) in [5.41, 5.74) is 0. The van der Waals surface area contributed by atoms with Crippen LogP contribution in [-0.2, 0) is 14.3 Å². The fraction of sp³-hybridized carbons (Fsp3) is 0.833. The lowest BCUT2D eigenvalue weighted by molar-refractivity contribution is -0.148. The van der Waals surface area contributed by atoms with E-state index in [-0.39, 0.29) is 11.8 Å². The van der Waals surface area contributed by atoms with Crippen molar-refractivity contribution in [2.45, 2.75) is 44.3 Å². The molecule has 1 aliphatic rings. The fourth-order valence-electron chi connectivity index (χ4n) is 2.02. The smallest absolute Gasteiger partial charge is 0.316 e. The molecule has 0 N–H and O–H groups in total. The summed E-state index contributed by atoms with van der Waals surface area (Å²) in [7, 11) is 1.34. The third kappa shape index (κ3) is 3.81. The molecule has 1 unspecified atom stereocenters. The van der Waals surface area contributed by atoms with Gasteiger partial charge in [0.25, 0.3) is 0 Å². The number of esters is 1. The van der Waals surface area contributed by atoms with Gasteiger partial charge in [-0.15, -0.1) is 0 Å². The van der Waals surface area contributed by atoms with Crippen molar-refractivity contribution in [1.29, 1.82) is 0 Å². The molecule has 0 aromatic rings. The Morgan fingerprint density at radius 1 is 1.38 bits per heavy atom. The van der Waals surface area contributed by atoms with Crippen molar-refractivity contribution < 1.29 is 14.3 Å². The fourth-order valence-corrected chi connectivity index (χ4v) is 3.29. The minimum absolute atomic E-state index is 0.0197. The second-order valence-electron chi connectivity index (χ2n) is 4.17. The Labute approximate surface area is 101 Å². The van der Waals surface area contributed by atoms with Crippen LogP contribution in [0.15, 0.2) is 0 Å². The minimum atomic E-state index is -0.557. The number of ether oxygens (including phenoxy) is 1. The standard InChI is InChI=1S/C12H20O3S/c1-3-10(12(14)15-2)11(13)8-16-9-6-4-5-7-9/h9-10H,3-8H2,1-2H3. The Morgan fingerprint density at radius 3 is 2.50 bits per heavy atom. The molecule has 0 aromatic heterocycles. The number of thioether (sulfide) groups is 1. The van der Waals surface area contributed by atoms with E-state index in [9.17, 15) is 9.59 Å². The zero-order chi connectivity index (χ0) is 12.0. The Kier molecular flexibility index (Phi) is 5.88. The summed E-state index contributed by atoms with van der Waals surface area (Å²) in [6, 6.07) is 0. The maximum absolute atomic E-state index is 11.8. The molecule has 0 amide bonds. The second kappa shape index (κ2) is 6.94. The molecule has 1 fully saturated rings. The molecule has 0 radical (unpaired) electrons. The quantitative estimate of drug-likeness (QED) is 0.531. The van der Waals surface area contributed by atoms with Crippen molar-refractivity contribution in [3.05, 3.63) is 0 Å². The van der Waals surface area contributed by atoms with E-state index in [1.165, 1.54) is 32.8 Å². The van der Waals surface area contributed by atoms with E-state index >= 15 is 0 Å². The van der Waals surface area contributed by atoms with E-state index in [1.54, 1.807) is 11.8 Å². The van der Waals surface area contributed by atoms with E-state index < -0.39 is 5.92 Å². The van der Waals surface area contributed by atoms with Gasteiger partial charge < -0.3 is 4.74 Å². The predicted molar refractivity (Wildman–Crippen MR) is 65.5 cm³/mol. The van der Waals surface area contributed by atoms with Crippen LogP contribution in [0.3, 0.4) is 0 Å². The van der Waals surface area contributed by atoms with E-state index in [0.29, 0.717) is 17.4 Å². The SMILES string of the molecule is CCC(C(=O)CSC1CCCC1)C(=O)OC. The van der Waals surface area contributed by atoms with Gasteiger partial charge in [-0.25, -0.2) is 0 Å². The maximum atomic E-state index is 11.8. The van der Waals surface area contributed by atoms with Crippen LogP contribution < -0.4 is 0 Å². The molecule has 16 heavy (non-hydrogen) atoms. The van der Waals surface area contributed by atoms with Crippen LogP contribution in [0.1, 0.15) is 39.0 Å². The highest BCUT2D eigenvalue weighted by Crippen LogP contribution is 2.29. The molecule has 0 heterocycles.